The summed E-state index contributed by atoms with van der Waals surface area (Å²) in [6, 6.07) is 2.05. The van der Waals surface area contributed by atoms with E-state index in [1.54, 1.807) is 30.7 Å². The topological polar surface area (TPSA) is 64.4 Å². The molecule has 2 amide bonds. The Bertz CT molecular complexity index is 384. The fourth-order valence-corrected chi connectivity index (χ4v) is 2.32. The molecule has 1 unspecified atom stereocenters. The van der Waals surface area contributed by atoms with Crippen LogP contribution in [-0.2, 0) is 9.59 Å². The summed E-state index contributed by atoms with van der Waals surface area (Å²) in [5.41, 5.74) is -0.854. The third-order valence-electron chi connectivity index (χ3n) is 3.50. The molecule has 100 valence electrons. The Morgan fingerprint density at radius 1 is 1.50 bits per heavy atom. The normalized spacial score (nSPS) is 20.5. The number of nitrogens with zero attached hydrogens (tertiary/aromatic N) is 3. The molecule has 0 N–H and O–H groups in total. The lowest BCUT2D eigenvalue weighted by Gasteiger charge is -2.45. The summed E-state index contributed by atoms with van der Waals surface area (Å²) < 4.78 is 0. The van der Waals surface area contributed by atoms with Crippen LogP contribution in [0, 0.1) is 17.2 Å². The van der Waals surface area contributed by atoms with Crippen molar-refractivity contribution >= 4 is 11.8 Å². The van der Waals surface area contributed by atoms with Crippen molar-refractivity contribution in [2.24, 2.45) is 5.92 Å². The molecule has 5 nitrogen and oxygen atoms in total. The molecule has 0 spiro atoms. The lowest BCUT2D eigenvalue weighted by Crippen LogP contribution is -2.64. The van der Waals surface area contributed by atoms with Crippen molar-refractivity contribution in [3.05, 3.63) is 0 Å². The maximum absolute atomic E-state index is 12.3. The highest BCUT2D eigenvalue weighted by molar-refractivity contribution is 5.93. The Labute approximate surface area is 108 Å². The van der Waals surface area contributed by atoms with Gasteiger partial charge in [-0.3, -0.25) is 9.59 Å². The van der Waals surface area contributed by atoms with Gasteiger partial charge in [0.15, 0.2) is 0 Å². The van der Waals surface area contributed by atoms with Crippen molar-refractivity contribution in [1.29, 1.82) is 5.26 Å². The van der Waals surface area contributed by atoms with Gasteiger partial charge in [-0.1, -0.05) is 13.3 Å². The van der Waals surface area contributed by atoms with Crippen LogP contribution in [-0.4, -0.2) is 47.3 Å². The minimum atomic E-state index is -0.854. The van der Waals surface area contributed by atoms with Gasteiger partial charge in [0, 0.05) is 20.1 Å². The van der Waals surface area contributed by atoms with Crippen LogP contribution < -0.4 is 0 Å². The van der Waals surface area contributed by atoms with E-state index in [-0.39, 0.29) is 11.8 Å². The first-order valence-electron chi connectivity index (χ1n) is 6.33. The number of carbonyl (C=O) groups is 2. The lowest BCUT2D eigenvalue weighted by molar-refractivity contribution is -0.158. The number of amides is 2. The number of nitriles is 1. The van der Waals surface area contributed by atoms with Gasteiger partial charge >= 0.3 is 0 Å². The number of hydrogen-bond donors (Lipinski definition) is 0. The number of rotatable bonds is 3. The van der Waals surface area contributed by atoms with Gasteiger partial charge in [-0.25, -0.2) is 0 Å². The smallest absolute Gasteiger partial charge is 0.247 e. The zero-order valence-corrected chi connectivity index (χ0v) is 11.6. The van der Waals surface area contributed by atoms with E-state index in [9.17, 15) is 9.59 Å². The van der Waals surface area contributed by atoms with E-state index in [1.807, 2.05) is 13.0 Å². The predicted molar refractivity (Wildman–Crippen MR) is 67.4 cm³/mol. The molecule has 1 aliphatic rings. The van der Waals surface area contributed by atoms with Crippen molar-refractivity contribution in [3.8, 4) is 6.07 Å². The van der Waals surface area contributed by atoms with E-state index in [1.165, 1.54) is 0 Å². The Morgan fingerprint density at radius 2 is 2.11 bits per heavy atom. The fourth-order valence-electron chi connectivity index (χ4n) is 2.32. The molecule has 0 radical (unpaired) electrons. The van der Waals surface area contributed by atoms with Crippen LogP contribution in [0.3, 0.4) is 0 Å². The maximum Gasteiger partial charge on any atom is 0.247 e. The van der Waals surface area contributed by atoms with Crippen LogP contribution in [0.5, 0.6) is 0 Å². The molecule has 0 aromatic rings. The van der Waals surface area contributed by atoms with Crippen LogP contribution in [0.2, 0.25) is 0 Å². The first-order chi connectivity index (χ1) is 8.36. The van der Waals surface area contributed by atoms with Crippen molar-refractivity contribution in [2.75, 3.05) is 20.1 Å². The van der Waals surface area contributed by atoms with Crippen LogP contribution >= 0.6 is 0 Å². The summed E-state index contributed by atoms with van der Waals surface area (Å²) >= 11 is 0. The highest BCUT2D eigenvalue weighted by Crippen LogP contribution is 2.24. The molecule has 0 saturated carbocycles. The molecule has 18 heavy (non-hydrogen) atoms. The van der Waals surface area contributed by atoms with E-state index in [2.05, 4.69) is 0 Å². The van der Waals surface area contributed by atoms with Crippen molar-refractivity contribution in [1.82, 2.24) is 9.80 Å². The third kappa shape index (κ3) is 2.47. The Hall–Kier alpha value is -1.57. The van der Waals surface area contributed by atoms with Gasteiger partial charge in [0.1, 0.15) is 11.5 Å². The minimum absolute atomic E-state index is 0.0738. The number of carbonyl (C=O) groups excluding carboxylic acids is 2. The van der Waals surface area contributed by atoms with E-state index in [0.29, 0.717) is 19.5 Å². The lowest BCUT2D eigenvalue weighted by atomic mass is 9.94. The maximum atomic E-state index is 12.3. The SMILES string of the molecule is CCCC(C#N)C(=O)N1CCN(C)C(=O)C1(C)C. The molecular formula is C13H21N3O2. The summed E-state index contributed by atoms with van der Waals surface area (Å²) in [6.07, 6.45) is 1.33. The van der Waals surface area contributed by atoms with Gasteiger partial charge in [-0.05, 0) is 20.3 Å². The van der Waals surface area contributed by atoms with Gasteiger partial charge in [0.05, 0.1) is 6.07 Å². The monoisotopic (exact) mass is 251 g/mol. The van der Waals surface area contributed by atoms with Crippen LogP contribution in [0.15, 0.2) is 0 Å². The molecule has 1 heterocycles. The summed E-state index contributed by atoms with van der Waals surface area (Å²) in [5, 5.41) is 9.05. The van der Waals surface area contributed by atoms with Crippen molar-refractivity contribution in [2.45, 2.75) is 39.2 Å². The summed E-state index contributed by atoms with van der Waals surface area (Å²) in [5.74, 6) is -0.924. The number of hydrogen-bond acceptors (Lipinski definition) is 3. The number of likely N-dealkylation sites (N-methyl/N-ethyl adjacent to an activating group) is 1. The Kier molecular flexibility index (Phi) is 4.33. The summed E-state index contributed by atoms with van der Waals surface area (Å²) in [6.45, 7) is 6.44. The Balaban J connectivity index is 2.92. The van der Waals surface area contributed by atoms with Gasteiger partial charge in [-0.15, -0.1) is 0 Å². The standard InChI is InChI=1S/C13H21N3O2/c1-5-6-10(9-14)11(17)16-8-7-15(4)12(18)13(16,2)3/h10H,5-8H2,1-4H3. The molecule has 0 aromatic heterocycles. The molecule has 0 bridgehead atoms. The van der Waals surface area contributed by atoms with E-state index in [0.717, 1.165) is 6.42 Å². The van der Waals surface area contributed by atoms with Crippen LogP contribution in [0.1, 0.15) is 33.6 Å². The molecule has 1 rings (SSSR count). The summed E-state index contributed by atoms with van der Waals surface area (Å²) in [7, 11) is 1.74. The average Bonchev–Trinajstić information content (AvgIpc) is 2.32. The van der Waals surface area contributed by atoms with Crippen LogP contribution in [0.25, 0.3) is 0 Å². The fraction of sp³-hybridized carbons (Fsp3) is 0.769. The second kappa shape index (κ2) is 5.38. The zero-order valence-electron chi connectivity index (χ0n) is 11.6. The highest BCUT2D eigenvalue weighted by atomic mass is 16.2. The van der Waals surface area contributed by atoms with Crippen molar-refractivity contribution < 1.29 is 9.59 Å². The Morgan fingerprint density at radius 3 is 2.61 bits per heavy atom. The van der Waals surface area contributed by atoms with Crippen LogP contribution in [0.4, 0.5) is 0 Å². The van der Waals surface area contributed by atoms with E-state index >= 15 is 0 Å². The van der Waals surface area contributed by atoms with E-state index < -0.39 is 11.5 Å². The quantitative estimate of drug-likeness (QED) is 0.751. The van der Waals surface area contributed by atoms with Gasteiger partial charge in [-0.2, -0.15) is 5.26 Å². The molecular weight excluding hydrogens is 230 g/mol. The second-order valence-electron chi connectivity index (χ2n) is 5.25. The molecule has 0 aromatic carbocycles. The van der Waals surface area contributed by atoms with Gasteiger partial charge in [0.2, 0.25) is 11.8 Å². The van der Waals surface area contributed by atoms with E-state index in [4.69, 9.17) is 5.26 Å². The summed E-state index contributed by atoms with van der Waals surface area (Å²) in [4.78, 5) is 27.6. The predicted octanol–water partition coefficient (Wildman–Crippen LogP) is 1.01. The second-order valence-corrected chi connectivity index (χ2v) is 5.25. The highest BCUT2D eigenvalue weighted by Gasteiger charge is 2.44. The molecule has 1 saturated heterocycles. The molecule has 5 heteroatoms. The van der Waals surface area contributed by atoms with Gasteiger partial charge in [0.25, 0.3) is 0 Å². The minimum Gasteiger partial charge on any atom is -0.342 e. The van der Waals surface area contributed by atoms with Crippen molar-refractivity contribution in [3.63, 3.8) is 0 Å². The molecule has 1 atom stereocenters. The first-order valence-corrected chi connectivity index (χ1v) is 6.33. The molecule has 1 aliphatic heterocycles. The third-order valence-corrected chi connectivity index (χ3v) is 3.50. The van der Waals surface area contributed by atoms with Gasteiger partial charge < -0.3 is 9.80 Å². The molecule has 0 aliphatic carbocycles. The largest absolute Gasteiger partial charge is 0.342 e. The zero-order chi connectivity index (χ0) is 13.9. The molecule has 1 fully saturated rings. The first kappa shape index (κ1) is 14.5. The average molecular weight is 251 g/mol. The number of piperazine rings is 1.